The Morgan fingerprint density at radius 1 is 1.37 bits per heavy atom. The van der Waals surface area contributed by atoms with Crippen LogP contribution in [0.25, 0.3) is 0 Å². The first kappa shape index (κ1) is 13.5. The minimum absolute atomic E-state index is 0.203. The van der Waals surface area contributed by atoms with Gasteiger partial charge in [0.15, 0.2) is 0 Å². The Hall–Kier alpha value is -1.95. The second kappa shape index (κ2) is 4.97. The van der Waals surface area contributed by atoms with Gasteiger partial charge in [0.25, 0.3) is 5.91 Å². The average Bonchev–Trinajstić information content (AvgIpc) is 2.77. The molecule has 0 atom stereocenters. The van der Waals surface area contributed by atoms with Crippen LogP contribution < -0.4 is 11.1 Å². The van der Waals surface area contributed by atoms with Gasteiger partial charge in [0.2, 0.25) is 0 Å². The predicted octanol–water partition coefficient (Wildman–Crippen LogP) is 2.67. The highest BCUT2D eigenvalue weighted by atomic mass is 32.1. The summed E-state index contributed by atoms with van der Waals surface area (Å²) < 4.78 is 3.87. The number of amides is 1. The number of hydrogen-bond donors (Lipinski definition) is 2. The normalized spacial score (nSPS) is 11.3. The van der Waals surface area contributed by atoms with Gasteiger partial charge in [-0.1, -0.05) is 31.3 Å². The maximum Gasteiger partial charge on any atom is 0.269 e. The number of nitrogens with one attached hydrogen (secondary N) is 1. The van der Waals surface area contributed by atoms with E-state index in [-0.39, 0.29) is 11.3 Å². The molecule has 5 nitrogen and oxygen atoms in total. The van der Waals surface area contributed by atoms with E-state index < -0.39 is 0 Å². The smallest absolute Gasteiger partial charge is 0.269 e. The quantitative estimate of drug-likeness (QED) is 0.826. The van der Waals surface area contributed by atoms with Crippen molar-refractivity contribution in [3.05, 3.63) is 34.8 Å². The Morgan fingerprint density at radius 2 is 2.11 bits per heavy atom. The summed E-state index contributed by atoms with van der Waals surface area (Å²) in [5.41, 5.74) is 7.45. The van der Waals surface area contributed by atoms with E-state index >= 15 is 0 Å². The topological polar surface area (TPSA) is 80.9 Å². The van der Waals surface area contributed by atoms with Gasteiger partial charge >= 0.3 is 0 Å². The zero-order chi connectivity index (χ0) is 14.0. The molecule has 100 valence electrons. The Kier molecular flexibility index (Phi) is 3.53. The van der Waals surface area contributed by atoms with E-state index in [1.165, 1.54) is 0 Å². The average molecular weight is 276 g/mol. The van der Waals surface area contributed by atoms with Crippen molar-refractivity contribution in [2.24, 2.45) is 0 Å². The first-order valence-corrected chi connectivity index (χ1v) is 6.65. The number of anilines is 2. The molecule has 2 aromatic rings. The summed E-state index contributed by atoms with van der Waals surface area (Å²) in [4.78, 5) is 12.8. The number of aromatic nitrogens is 2. The van der Waals surface area contributed by atoms with Crippen LogP contribution in [0, 0.1) is 0 Å². The maximum absolute atomic E-state index is 12.2. The van der Waals surface area contributed by atoms with Crippen LogP contribution in [-0.2, 0) is 5.41 Å². The molecule has 1 heterocycles. The zero-order valence-electron chi connectivity index (χ0n) is 11.1. The monoisotopic (exact) mass is 276 g/mol. The number of rotatable bonds is 2. The molecule has 1 aromatic carbocycles. The Morgan fingerprint density at radius 3 is 2.74 bits per heavy atom. The van der Waals surface area contributed by atoms with Gasteiger partial charge in [-0.15, -0.1) is 5.10 Å². The SMILES string of the molecule is CC(C)(C)c1nnsc1C(=O)Nc1cccc(N)c1. The number of nitrogen functional groups attached to an aromatic ring is 1. The summed E-state index contributed by atoms with van der Waals surface area (Å²) in [7, 11) is 0. The predicted molar refractivity (Wildman–Crippen MR) is 77.4 cm³/mol. The van der Waals surface area contributed by atoms with Crippen LogP contribution in [-0.4, -0.2) is 15.5 Å². The van der Waals surface area contributed by atoms with Crippen molar-refractivity contribution in [1.82, 2.24) is 9.59 Å². The van der Waals surface area contributed by atoms with Crippen LogP contribution in [0.4, 0.5) is 11.4 Å². The van der Waals surface area contributed by atoms with Crippen LogP contribution in [0.3, 0.4) is 0 Å². The second-order valence-corrected chi connectivity index (χ2v) is 6.03. The van der Waals surface area contributed by atoms with E-state index in [1.807, 2.05) is 20.8 Å². The van der Waals surface area contributed by atoms with E-state index in [1.54, 1.807) is 24.3 Å². The van der Waals surface area contributed by atoms with Crippen LogP contribution in [0.15, 0.2) is 24.3 Å². The second-order valence-electron chi connectivity index (χ2n) is 5.28. The van der Waals surface area contributed by atoms with E-state index in [4.69, 9.17) is 5.73 Å². The van der Waals surface area contributed by atoms with Crippen molar-refractivity contribution in [3.8, 4) is 0 Å². The van der Waals surface area contributed by atoms with Crippen molar-refractivity contribution in [1.29, 1.82) is 0 Å². The van der Waals surface area contributed by atoms with Gasteiger partial charge in [-0.25, -0.2) is 0 Å². The lowest BCUT2D eigenvalue weighted by molar-refractivity contribution is 0.102. The lowest BCUT2D eigenvalue weighted by Crippen LogP contribution is -2.19. The van der Waals surface area contributed by atoms with Gasteiger partial charge in [-0.3, -0.25) is 4.79 Å². The molecular formula is C13H16N4OS. The van der Waals surface area contributed by atoms with E-state index in [0.717, 1.165) is 11.5 Å². The van der Waals surface area contributed by atoms with Gasteiger partial charge in [-0.2, -0.15) is 0 Å². The summed E-state index contributed by atoms with van der Waals surface area (Å²) in [6, 6.07) is 7.06. The highest BCUT2D eigenvalue weighted by Gasteiger charge is 2.26. The molecule has 1 aromatic heterocycles. The van der Waals surface area contributed by atoms with E-state index in [2.05, 4.69) is 14.9 Å². The fourth-order valence-corrected chi connectivity index (χ4v) is 2.41. The van der Waals surface area contributed by atoms with Crippen molar-refractivity contribution in [2.75, 3.05) is 11.1 Å². The molecule has 0 saturated carbocycles. The number of carbonyl (C=O) groups is 1. The number of carbonyl (C=O) groups excluding carboxylic acids is 1. The molecule has 0 spiro atoms. The zero-order valence-corrected chi connectivity index (χ0v) is 11.9. The number of nitrogens with two attached hydrogens (primary N) is 1. The minimum atomic E-state index is -0.213. The molecule has 19 heavy (non-hydrogen) atoms. The Bertz CT molecular complexity index is 601. The molecular weight excluding hydrogens is 260 g/mol. The first-order valence-electron chi connectivity index (χ1n) is 5.87. The highest BCUT2D eigenvalue weighted by Crippen LogP contribution is 2.26. The molecule has 0 fully saturated rings. The summed E-state index contributed by atoms with van der Waals surface area (Å²) in [6.07, 6.45) is 0. The fourth-order valence-electron chi connectivity index (χ4n) is 1.63. The fraction of sp³-hybridized carbons (Fsp3) is 0.308. The van der Waals surface area contributed by atoms with Gasteiger partial charge < -0.3 is 11.1 Å². The summed E-state index contributed by atoms with van der Waals surface area (Å²) in [6.45, 7) is 6.00. The third kappa shape index (κ3) is 3.08. The van der Waals surface area contributed by atoms with Crippen LogP contribution in [0.2, 0.25) is 0 Å². The number of hydrogen-bond acceptors (Lipinski definition) is 5. The molecule has 0 radical (unpaired) electrons. The molecule has 0 aliphatic rings. The molecule has 0 bridgehead atoms. The van der Waals surface area contributed by atoms with Gasteiger partial charge in [-0.05, 0) is 29.7 Å². The molecule has 0 unspecified atom stereocenters. The highest BCUT2D eigenvalue weighted by molar-refractivity contribution is 7.08. The summed E-state index contributed by atoms with van der Waals surface area (Å²) in [5.74, 6) is -0.203. The summed E-state index contributed by atoms with van der Waals surface area (Å²) >= 11 is 1.10. The third-order valence-electron chi connectivity index (χ3n) is 2.55. The van der Waals surface area contributed by atoms with Crippen molar-refractivity contribution >= 4 is 28.8 Å². The standard InChI is InChI=1S/C13H16N4OS/c1-13(2,3)11-10(19-17-16-11)12(18)15-9-6-4-5-8(14)7-9/h4-7H,14H2,1-3H3,(H,15,18). The van der Waals surface area contributed by atoms with E-state index in [9.17, 15) is 4.79 Å². The van der Waals surface area contributed by atoms with Gasteiger partial charge in [0, 0.05) is 16.8 Å². The van der Waals surface area contributed by atoms with Gasteiger partial charge in [0.05, 0.1) is 5.69 Å². The maximum atomic E-state index is 12.2. The largest absolute Gasteiger partial charge is 0.399 e. The minimum Gasteiger partial charge on any atom is -0.399 e. The lowest BCUT2D eigenvalue weighted by atomic mass is 9.91. The lowest BCUT2D eigenvalue weighted by Gasteiger charge is -2.16. The number of benzene rings is 1. The first-order chi connectivity index (χ1) is 8.88. The van der Waals surface area contributed by atoms with Crippen LogP contribution >= 0.6 is 11.5 Å². The van der Waals surface area contributed by atoms with Crippen LogP contribution in [0.5, 0.6) is 0 Å². The molecule has 6 heteroatoms. The van der Waals surface area contributed by atoms with Crippen molar-refractivity contribution < 1.29 is 4.79 Å². The molecule has 1 amide bonds. The summed E-state index contributed by atoms with van der Waals surface area (Å²) in [5, 5.41) is 6.86. The van der Waals surface area contributed by atoms with E-state index in [0.29, 0.717) is 21.9 Å². The molecule has 0 saturated heterocycles. The van der Waals surface area contributed by atoms with Crippen molar-refractivity contribution in [3.63, 3.8) is 0 Å². The van der Waals surface area contributed by atoms with Crippen LogP contribution in [0.1, 0.15) is 36.1 Å². The molecule has 3 N–H and O–H groups in total. The Labute approximate surface area is 116 Å². The third-order valence-corrected chi connectivity index (χ3v) is 3.27. The molecule has 2 rings (SSSR count). The Balaban J connectivity index is 2.24. The van der Waals surface area contributed by atoms with Crippen molar-refractivity contribution in [2.45, 2.75) is 26.2 Å². The molecule has 0 aliphatic carbocycles. The molecule has 0 aliphatic heterocycles. The van der Waals surface area contributed by atoms with Gasteiger partial charge in [0.1, 0.15) is 4.88 Å². The number of nitrogens with zero attached hydrogens (tertiary/aromatic N) is 2.